The summed E-state index contributed by atoms with van der Waals surface area (Å²) in [6, 6.07) is 3.36. The van der Waals surface area contributed by atoms with Gasteiger partial charge in [0.25, 0.3) is 5.91 Å². The third-order valence-corrected chi connectivity index (χ3v) is 3.33. The molecule has 0 fully saturated rings. The summed E-state index contributed by atoms with van der Waals surface area (Å²) in [6.45, 7) is 1.42. The van der Waals surface area contributed by atoms with E-state index in [1.165, 1.54) is 21.1 Å². The van der Waals surface area contributed by atoms with Crippen molar-refractivity contribution in [1.29, 1.82) is 0 Å². The predicted octanol–water partition coefficient (Wildman–Crippen LogP) is 1.43. The Morgan fingerprint density at radius 3 is 2.30 bits per heavy atom. The van der Waals surface area contributed by atoms with E-state index in [0.29, 0.717) is 21.5 Å². The van der Waals surface area contributed by atoms with Crippen molar-refractivity contribution in [3.8, 4) is 11.5 Å². The Kier molecular flexibility index (Phi) is 5.82. The Labute approximate surface area is 125 Å². The van der Waals surface area contributed by atoms with Crippen LogP contribution in [0.3, 0.4) is 0 Å². The molecule has 0 aromatic heterocycles. The van der Waals surface area contributed by atoms with Crippen LogP contribution in [0.5, 0.6) is 11.5 Å². The summed E-state index contributed by atoms with van der Waals surface area (Å²) < 4.78 is 15.9. The van der Waals surface area contributed by atoms with Crippen molar-refractivity contribution in [2.45, 2.75) is 19.4 Å². The van der Waals surface area contributed by atoms with Gasteiger partial charge in [-0.1, -0.05) is 15.9 Å². The summed E-state index contributed by atoms with van der Waals surface area (Å²) in [6.07, 6.45) is -0.972. The highest BCUT2D eigenvalue weighted by atomic mass is 79.9. The predicted molar refractivity (Wildman–Crippen MR) is 75.7 cm³/mol. The van der Waals surface area contributed by atoms with Crippen LogP contribution in [0.4, 0.5) is 0 Å². The maximum absolute atomic E-state index is 11.7. The van der Waals surface area contributed by atoms with Crippen molar-refractivity contribution in [2.75, 3.05) is 14.2 Å². The highest BCUT2D eigenvalue weighted by molar-refractivity contribution is 9.10. The fraction of sp³-hybridized carbons (Fsp3) is 0.385. The number of methoxy groups -OCH3 is 2. The van der Waals surface area contributed by atoms with Crippen LogP contribution in [0.25, 0.3) is 0 Å². The van der Waals surface area contributed by atoms with Crippen LogP contribution in [0.15, 0.2) is 16.6 Å². The molecular formula is C13H16BrNO5. The zero-order valence-electron chi connectivity index (χ0n) is 11.4. The third kappa shape index (κ3) is 4.12. The van der Waals surface area contributed by atoms with Crippen LogP contribution in [-0.2, 0) is 20.7 Å². The minimum Gasteiger partial charge on any atom is -0.493 e. The van der Waals surface area contributed by atoms with Gasteiger partial charge in [-0.05, 0) is 24.6 Å². The maximum Gasteiger partial charge on any atom is 0.311 e. The first-order valence-electron chi connectivity index (χ1n) is 5.78. The molecular weight excluding hydrogens is 330 g/mol. The van der Waals surface area contributed by atoms with Crippen LogP contribution in [0.2, 0.25) is 0 Å². The molecule has 0 heterocycles. The van der Waals surface area contributed by atoms with Crippen LogP contribution >= 0.6 is 15.9 Å². The molecule has 7 heteroatoms. The van der Waals surface area contributed by atoms with Gasteiger partial charge in [0.15, 0.2) is 17.6 Å². The van der Waals surface area contributed by atoms with E-state index in [-0.39, 0.29) is 6.42 Å². The molecule has 0 saturated carbocycles. The Hall–Kier alpha value is -1.76. The SMILES string of the molecule is COc1cc(Br)c(CC(=O)O[C@H](C)C(N)=O)cc1OC. The molecule has 1 atom stereocenters. The number of amides is 1. The van der Waals surface area contributed by atoms with E-state index >= 15 is 0 Å². The number of ether oxygens (including phenoxy) is 3. The van der Waals surface area contributed by atoms with Gasteiger partial charge >= 0.3 is 5.97 Å². The fourth-order valence-electron chi connectivity index (χ4n) is 1.48. The summed E-state index contributed by atoms with van der Waals surface area (Å²) in [5.41, 5.74) is 5.69. The van der Waals surface area contributed by atoms with Crippen molar-refractivity contribution < 1.29 is 23.8 Å². The quantitative estimate of drug-likeness (QED) is 0.788. The smallest absolute Gasteiger partial charge is 0.311 e. The van der Waals surface area contributed by atoms with Gasteiger partial charge in [-0.3, -0.25) is 9.59 Å². The first-order valence-corrected chi connectivity index (χ1v) is 6.57. The van der Waals surface area contributed by atoms with E-state index < -0.39 is 18.0 Å². The number of esters is 1. The molecule has 1 aromatic rings. The molecule has 2 N–H and O–H groups in total. The van der Waals surface area contributed by atoms with Crippen molar-refractivity contribution in [2.24, 2.45) is 5.73 Å². The van der Waals surface area contributed by atoms with Gasteiger partial charge in [0.05, 0.1) is 20.6 Å². The second-order valence-electron chi connectivity index (χ2n) is 4.01. The van der Waals surface area contributed by atoms with E-state index in [1.54, 1.807) is 12.1 Å². The summed E-state index contributed by atoms with van der Waals surface area (Å²) in [4.78, 5) is 22.5. The number of hydrogen-bond donors (Lipinski definition) is 1. The van der Waals surface area contributed by atoms with Crippen LogP contribution in [0.1, 0.15) is 12.5 Å². The zero-order valence-corrected chi connectivity index (χ0v) is 13.0. The number of rotatable bonds is 6. The summed E-state index contributed by atoms with van der Waals surface area (Å²) in [5.74, 6) is -0.197. The molecule has 0 spiro atoms. The van der Waals surface area contributed by atoms with E-state index in [1.807, 2.05) is 0 Å². The molecule has 0 aliphatic rings. The molecule has 0 unspecified atom stereocenters. The number of hydrogen-bond acceptors (Lipinski definition) is 5. The lowest BCUT2D eigenvalue weighted by molar-refractivity contribution is -0.153. The normalized spacial score (nSPS) is 11.6. The standard InChI is InChI=1S/C13H16BrNO5/c1-7(13(15)17)20-12(16)5-8-4-10(18-2)11(19-3)6-9(8)14/h4,6-7H,5H2,1-3H3,(H2,15,17)/t7-/m1/s1. The lowest BCUT2D eigenvalue weighted by Crippen LogP contribution is -2.31. The van der Waals surface area contributed by atoms with E-state index in [0.717, 1.165) is 0 Å². The largest absolute Gasteiger partial charge is 0.493 e. The van der Waals surface area contributed by atoms with Crippen molar-refractivity contribution in [3.63, 3.8) is 0 Å². The third-order valence-electron chi connectivity index (χ3n) is 2.60. The molecule has 1 amide bonds. The molecule has 1 rings (SSSR count). The van der Waals surface area contributed by atoms with Crippen LogP contribution in [0, 0.1) is 0 Å². The molecule has 6 nitrogen and oxygen atoms in total. The van der Waals surface area contributed by atoms with Crippen LogP contribution < -0.4 is 15.2 Å². The Morgan fingerprint density at radius 1 is 1.25 bits per heavy atom. The summed E-state index contributed by atoms with van der Waals surface area (Å²) in [7, 11) is 3.02. The number of carbonyl (C=O) groups is 2. The summed E-state index contributed by atoms with van der Waals surface area (Å²) in [5, 5.41) is 0. The summed E-state index contributed by atoms with van der Waals surface area (Å²) >= 11 is 3.34. The Bertz CT molecular complexity index is 518. The first-order chi connectivity index (χ1) is 9.38. The van der Waals surface area contributed by atoms with Gasteiger partial charge in [0.2, 0.25) is 0 Å². The monoisotopic (exact) mass is 345 g/mol. The van der Waals surface area contributed by atoms with Gasteiger partial charge in [-0.2, -0.15) is 0 Å². The highest BCUT2D eigenvalue weighted by Gasteiger charge is 2.17. The van der Waals surface area contributed by atoms with Crippen molar-refractivity contribution in [3.05, 3.63) is 22.2 Å². The fourth-order valence-corrected chi connectivity index (χ4v) is 1.95. The molecule has 110 valence electrons. The number of primary amides is 1. The maximum atomic E-state index is 11.7. The lowest BCUT2D eigenvalue weighted by atomic mass is 10.1. The lowest BCUT2D eigenvalue weighted by Gasteiger charge is -2.13. The number of benzene rings is 1. The topological polar surface area (TPSA) is 87.9 Å². The van der Waals surface area contributed by atoms with Crippen LogP contribution in [-0.4, -0.2) is 32.2 Å². The van der Waals surface area contributed by atoms with Gasteiger partial charge in [-0.25, -0.2) is 0 Å². The molecule has 0 bridgehead atoms. The van der Waals surface area contributed by atoms with Gasteiger partial charge in [-0.15, -0.1) is 0 Å². The van der Waals surface area contributed by atoms with Gasteiger partial charge < -0.3 is 19.9 Å². The number of carbonyl (C=O) groups excluding carboxylic acids is 2. The van der Waals surface area contributed by atoms with Gasteiger partial charge in [0, 0.05) is 4.47 Å². The number of halogens is 1. The molecule has 0 saturated heterocycles. The Balaban J connectivity index is 2.87. The minimum absolute atomic E-state index is 0.0153. The van der Waals surface area contributed by atoms with Crippen molar-refractivity contribution >= 4 is 27.8 Å². The first kappa shape index (κ1) is 16.3. The average Bonchev–Trinajstić information content (AvgIpc) is 2.40. The molecule has 20 heavy (non-hydrogen) atoms. The minimum atomic E-state index is -0.957. The molecule has 1 aromatic carbocycles. The second kappa shape index (κ2) is 7.14. The number of nitrogens with two attached hydrogens (primary N) is 1. The highest BCUT2D eigenvalue weighted by Crippen LogP contribution is 2.33. The van der Waals surface area contributed by atoms with E-state index in [9.17, 15) is 9.59 Å². The average molecular weight is 346 g/mol. The molecule has 0 aliphatic heterocycles. The Morgan fingerprint density at radius 2 is 1.80 bits per heavy atom. The molecule has 0 radical (unpaired) electrons. The van der Waals surface area contributed by atoms with Crippen molar-refractivity contribution in [1.82, 2.24) is 0 Å². The van der Waals surface area contributed by atoms with E-state index in [4.69, 9.17) is 19.9 Å². The van der Waals surface area contributed by atoms with E-state index in [2.05, 4.69) is 15.9 Å². The van der Waals surface area contributed by atoms with Gasteiger partial charge in [0.1, 0.15) is 0 Å². The molecule has 0 aliphatic carbocycles. The second-order valence-corrected chi connectivity index (χ2v) is 4.86. The zero-order chi connectivity index (χ0) is 15.3.